The maximum atomic E-state index is 11.7. The van der Waals surface area contributed by atoms with Crippen LogP contribution in [0.2, 0.25) is 18.1 Å². The minimum Gasteiger partial charge on any atom is -0.408 e. The molecular formula is C27H32N2O2Si. The predicted octanol–water partition coefficient (Wildman–Crippen LogP) is 6.89. The van der Waals surface area contributed by atoms with Crippen molar-refractivity contribution in [1.29, 1.82) is 0 Å². The highest BCUT2D eigenvalue weighted by atomic mass is 28.4. The van der Waals surface area contributed by atoms with Crippen LogP contribution in [0.15, 0.2) is 66.9 Å². The maximum Gasteiger partial charge on any atom is 0.193 e. The van der Waals surface area contributed by atoms with Crippen molar-refractivity contribution < 1.29 is 9.22 Å². The van der Waals surface area contributed by atoms with Gasteiger partial charge in [-0.3, -0.25) is 4.98 Å². The third-order valence-electron chi connectivity index (χ3n) is 6.75. The maximum absolute atomic E-state index is 11.7. The van der Waals surface area contributed by atoms with Crippen molar-refractivity contribution >= 4 is 36.4 Å². The number of para-hydroxylation sites is 1. The van der Waals surface area contributed by atoms with Crippen LogP contribution in [0.3, 0.4) is 0 Å². The number of aldehydes is 1. The van der Waals surface area contributed by atoms with Crippen molar-refractivity contribution in [2.45, 2.75) is 58.0 Å². The van der Waals surface area contributed by atoms with Crippen LogP contribution in [-0.2, 0) is 15.8 Å². The van der Waals surface area contributed by atoms with Gasteiger partial charge in [-0.25, -0.2) is 0 Å². The summed E-state index contributed by atoms with van der Waals surface area (Å²) in [6.45, 7) is 11.8. The van der Waals surface area contributed by atoms with E-state index in [2.05, 4.69) is 93.0 Å². The van der Waals surface area contributed by atoms with Gasteiger partial charge in [-0.2, -0.15) is 0 Å². The first-order valence-electron chi connectivity index (χ1n) is 11.2. The van der Waals surface area contributed by atoms with Gasteiger partial charge in [0, 0.05) is 35.5 Å². The van der Waals surface area contributed by atoms with Crippen molar-refractivity contribution in [1.82, 2.24) is 9.55 Å². The van der Waals surface area contributed by atoms with Gasteiger partial charge >= 0.3 is 0 Å². The van der Waals surface area contributed by atoms with Gasteiger partial charge in [0.05, 0.1) is 17.3 Å². The first-order valence-corrected chi connectivity index (χ1v) is 14.1. The molecule has 0 fully saturated rings. The lowest BCUT2D eigenvalue weighted by atomic mass is 10.1. The molecule has 0 saturated heterocycles. The summed E-state index contributed by atoms with van der Waals surface area (Å²) >= 11 is 0. The summed E-state index contributed by atoms with van der Waals surface area (Å²) in [5.41, 5.74) is 4.30. The number of hydrogen-bond donors (Lipinski definition) is 0. The molecule has 0 N–H and O–H groups in total. The molecule has 0 amide bonds. The molecule has 2 aromatic carbocycles. The minimum absolute atomic E-state index is 0.0405. The Morgan fingerprint density at radius 3 is 2.38 bits per heavy atom. The Kier molecular flexibility index (Phi) is 6.06. The number of carbonyl (C=O) groups excluding carboxylic acids is 1. The zero-order chi connectivity index (χ0) is 22.9. The van der Waals surface area contributed by atoms with E-state index in [1.807, 2.05) is 12.3 Å². The number of rotatable bonds is 7. The second-order valence-electron chi connectivity index (χ2n) is 9.95. The summed E-state index contributed by atoms with van der Waals surface area (Å²) in [4.78, 5) is 16.5. The van der Waals surface area contributed by atoms with Crippen LogP contribution in [0.4, 0.5) is 0 Å². The number of hydrogen-bond acceptors (Lipinski definition) is 3. The van der Waals surface area contributed by atoms with E-state index >= 15 is 0 Å². The molecule has 0 aliphatic rings. The monoisotopic (exact) mass is 444 g/mol. The van der Waals surface area contributed by atoms with Crippen molar-refractivity contribution in [3.05, 3.63) is 78.1 Å². The fourth-order valence-electron chi connectivity index (χ4n) is 4.03. The Balaban J connectivity index is 1.94. The highest BCUT2D eigenvalue weighted by molar-refractivity contribution is 6.74. The highest BCUT2D eigenvalue weighted by Gasteiger charge is 2.40. The molecular weight excluding hydrogens is 412 g/mol. The molecule has 1 atom stereocenters. The van der Waals surface area contributed by atoms with E-state index in [0.29, 0.717) is 6.42 Å². The molecule has 0 aliphatic heterocycles. The van der Waals surface area contributed by atoms with Gasteiger partial charge in [0.25, 0.3) is 0 Å². The summed E-state index contributed by atoms with van der Waals surface area (Å²) in [6.07, 6.45) is 2.74. The number of nitrogens with zero attached hydrogens (tertiary/aromatic N) is 2. The van der Waals surface area contributed by atoms with Crippen LogP contribution >= 0.6 is 0 Å². The zero-order valence-corrected chi connectivity index (χ0v) is 20.6. The molecule has 2 aromatic heterocycles. The molecule has 4 rings (SSSR count). The van der Waals surface area contributed by atoms with E-state index < -0.39 is 8.32 Å². The molecule has 0 bridgehead atoms. The number of pyridine rings is 1. The third kappa shape index (κ3) is 4.15. The van der Waals surface area contributed by atoms with E-state index in [-0.39, 0.29) is 11.1 Å². The summed E-state index contributed by atoms with van der Waals surface area (Å²) < 4.78 is 9.10. The lowest BCUT2D eigenvalue weighted by Crippen LogP contribution is -2.42. The Morgan fingerprint density at radius 2 is 1.69 bits per heavy atom. The molecule has 2 heterocycles. The highest BCUT2D eigenvalue weighted by Crippen LogP contribution is 2.42. The number of aromatic nitrogens is 2. The standard InChI is InChI=1S/C27H32N2O2Si/c1-27(2,3)32(4,5)31-24(16-18-30)25-26-22(15-17-28-25)21-13-9-10-14-23(21)29(26)19-20-11-7-6-8-12-20/h6-15,17-18,24H,16,19H2,1-5H3. The molecule has 1 unspecified atom stereocenters. The van der Waals surface area contributed by atoms with Crippen molar-refractivity contribution in [2.24, 2.45) is 0 Å². The Hall–Kier alpha value is -2.76. The lowest BCUT2D eigenvalue weighted by molar-refractivity contribution is -0.109. The van der Waals surface area contributed by atoms with Crippen LogP contribution in [0, 0.1) is 0 Å². The largest absolute Gasteiger partial charge is 0.408 e. The topological polar surface area (TPSA) is 44.1 Å². The van der Waals surface area contributed by atoms with Crippen molar-refractivity contribution in [3.8, 4) is 0 Å². The zero-order valence-electron chi connectivity index (χ0n) is 19.6. The smallest absolute Gasteiger partial charge is 0.193 e. The summed E-state index contributed by atoms with van der Waals surface area (Å²) in [5.74, 6) is 0. The lowest BCUT2D eigenvalue weighted by Gasteiger charge is -2.39. The van der Waals surface area contributed by atoms with Crippen LogP contribution in [0.5, 0.6) is 0 Å². The number of fused-ring (bicyclic) bond motifs is 3. The molecule has 166 valence electrons. The third-order valence-corrected chi connectivity index (χ3v) is 11.2. The first-order chi connectivity index (χ1) is 15.2. The Labute approximate surface area is 191 Å². The second kappa shape index (κ2) is 8.64. The molecule has 0 spiro atoms. The van der Waals surface area contributed by atoms with Crippen LogP contribution < -0.4 is 0 Å². The normalized spacial score (nSPS) is 13.5. The fourth-order valence-corrected chi connectivity index (χ4v) is 5.30. The van der Waals surface area contributed by atoms with Gasteiger partial charge in [0.15, 0.2) is 8.32 Å². The average molecular weight is 445 g/mol. The van der Waals surface area contributed by atoms with Gasteiger partial charge in [0.1, 0.15) is 6.29 Å². The predicted molar refractivity (Wildman–Crippen MR) is 134 cm³/mol. The van der Waals surface area contributed by atoms with Gasteiger partial charge in [-0.05, 0) is 35.8 Å². The Bertz CT molecular complexity index is 1240. The second-order valence-corrected chi connectivity index (χ2v) is 14.7. The average Bonchev–Trinajstić information content (AvgIpc) is 3.07. The van der Waals surface area contributed by atoms with Crippen molar-refractivity contribution in [2.75, 3.05) is 0 Å². The van der Waals surface area contributed by atoms with Crippen LogP contribution in [-0.4, -0.2) is 24.2 Å². The van der Waals surface area contributed by atoms with Gasteiger partial charge in [-0.1, -0.05) is 69.3 Å². The molecule has 4 aromatic rings. The molecule has 0 saturated carbocycles. The van der Waals surface area contributed by atoms with E-state index in [4.69, 9.17) is 9.41 Å². The molecule has 32 heavy (non-hydrogen) atoms. The fraction of sp³-hybridized carbons (Fsp3) is 0.333. The quantitative estimate of drug-likeness (QED) is 0.230. The van der Waals surface area contributed by atoms with Gasteiger partial charge in [-0.15, -0.1) is 0 Å². The SMILES string of the molecule is CC(C)(C)[Si](C)(C)OC(CC=O)c1nccc2c3ccccc3n(Cc3ccccc3)c12. The van der Waals surface area contributed by atoms with Crippen LogP contribution in [0.25, 0.3) is 21.8 Å². The Morgan fingerprint density at radius 1 is 1.00 bits per heavy atom. The van der Waals surface area contributed by atoms with E-state index in [0.717, 1.165) is 34.9 Å². The molecule has 0 radical (unpaired) electrons. The van der Waals surface area contributed by atoms with Gasteiger partial charge < -0.3 is 13.8 Å². The van der Waals surface area contributed by atoms with Gasteiger partial charge in [0.2, 0.25) is 0 Å². The molecule has 5 heteroatoms. The summed E-state index contributed by atoms with van der Waals surface area (Å²) in [5, 5.41) is 2.38. The minimum atomic E-state index is -2.11. The summed E-state index contributed by atoms with van der Waals surface area (Å²) in [7, 11) is -2.11. The van der Waals surface area contributed by atoms with E-state index in [1.165, 1.54) is 10.9 Å². The van der Waals surface area contributed by atoms with E-state index in [1.54, 1.807) is 0 Å². The molecule has 0 aliphatic carbocycles. The first kappa shape index (κ1) is 22.4. The summed E-state index contributed by atoms with van der Waals surface area (Å²) in [6, 6.07) is 21.0. The van der Waals surface area contributed by atoms with Crippen molar-refractivity contribution in [3.63, 3.8) is 0 Å². The van der Waals surface area contributed by atoms with Crippen LogP contribution in [0.1, 0.15) is 44.6 Å². The number of carbonyl (C=O) groups is 1. The van der Waals surface area contributed by atoms with E-state index in [9.17, 15) is 4.79 Å². The molecule has 4 nitrogen and oxygen atoms in total. The number of benzene rings is 2.